The van der Waals surface area contributed by atoms with Crippen molar-refractivity contribution in [1.82, 2.24) is 4.98 Å². The van der Waals surface area contributed by atoms with E-state index in [1.807, 2.05) is 6.07 Å². The van der Waals surface area contributed by atoms with Crippen LogP contribution in [0.4, 0.5) is 5.69 Å². The number of hydrogen-bond donors (Lipinski definition) is 1. The lowest BCUT2D eigenvalue weighted by Crippen LogP contribution is -2.48. The molecule has 1 heterocycles. The number of carbonyl (C=O) groups is 1. The fourth-order valence-electron chi connectivity index (χ4n) is 6.10. The molecule has 1 aromatic carbocycles. The van der Waals surface area contributed by atoms with Crippen LogP contribution in [-0.2, 0) is 5.41 Å². The molecule has 4 fully saturated rings. The zero-order valence-corrected chi connectivity index (χ0v) is 15.5. The number of nitrogens with one attached hydrogen (secondary N) is 1. The van der Waals surface area contributed by atoms with Gasteiger partial charge in [0.05, 0.1) is 16.3 Å². The Morgan fingerprint density at radius 2 is 1.77 bits per heavy atom. The summed E-state index contributed by atoms with van der Waals surface area (Å²) in [6.07, 6.45) is 11.5. The Kier molecular flexibility index (Phi) is 3.82. The third-order valence-electron chi connectivity index (χ3n) is 6.79. The second kappa shape index (κ2) is 6.09. The number of anilines is 1. The number of carbonyl (C=O) groups excluding carboxylic acids is 1. The van der Waals surface area contributed by atoms with E-state index in [1.165, 1.54) is 44.1 Å². The zero-order valence-electron chi connectivity index (χ0n) is 14.7. The molecule has 0 spiro atoms. The molecule has 4 bridgehead atoms. The molecule has 4 aliphatic rings. The molecule has 2 aromatic rings. The molecule has 134 valence electrons. The fourth-order valence-corrected chi connectivity index (χ4v) is 6.33. The largest absolute Gasteiger partial charge is 0.321 e. The summed E-state index contributed by atoms with van der Waals surface area (Å²) in [4.78, 5) is 16.4. The molecule has 4 aliphatic carbocycles. The highest BCUT2D eigenvalue weighted by Crippen LogP contribution is 2.60. The van der Waals surface area contributed by atoms with E-state index in [2.05, 4.69) is 22.4 Å². The minimum atomic E-state index is -0.178. The minimum absolute atomic E-state index is 0.178. The number of rotatable bonds is 3. The van der Waals surface area contributed by atoms with Gasteiger partial charge in [0, 0.05) is 12.4 Å². The monoisotopic (exact) mass is 366 g/mol. The lowest BCUT2D eigenvalue weighted by molar-refractivity contribution is -0.00517. The molecule has 0 unspecified atom stereocenters. The molecule has 26 heavy (non-hydrogen) atoms. The summed E-state index contributed by atoms with van der Waals surface area (Å²) in [5.74, 6) is 2.54. The lowest BCUT2D eigenvalue weighted by Gasteiger charge is -2.57. The van der Waals surface area contributed by atoms with E-state index < -0.39 is 0 Å². The van der Waals surface area contributed by atoms with Gasteiger partial charge in [0.1, 0.15) is 0 Å². The predicted molar refractivity (Wildman–Crippen MR) is 103 cm³/mol. The van der Waals surface area contributed by atoms with E-state index in [9.17, 15) is 4.79 Å². The number of benzene rings is 1. The molecular formula is C22H23ClN2O. The van der Waals surface area contributed by atoms with E-state index in [0.717, 1.165) is 17.8 Å². The molecule has 0 radical (unpaired) electrons. The first-order chi connectivity index (χ1) is 12.6. The molecular weight excluding hydrogens is 344 g/mol. The summed E-state index contributed by atoms with van der Waals surface area (Å²) in [6.45, 7) is 0. The third kappa shape index (κ3) is 2.73. The number of amides is 1. The van der Waals surface area contributed by atoms with Crippen molar-refractivity contribution in [2.45, 2.75) is 43.9 Å². The number of aromatic nitrogens is 1. The molecule has 0 atom stereocenters. The van der Waals surface area contributed by atoms with Crippen molar-refractivity contribution >= 4 is 23.2 Å². The van der Waals surface area contributed by atoms with Crippen molar-refractivity contribution < 1.29 is 4.79 Å². The van der Waals surface area contributed by atoms with Gasteiger partial charge in [-0.25, -0.2) is 0 Å². The van der Waals surface area contributed by atoms with Crippen molar-refractivity contribution in [3.8, 4) is 0 Å². The van der Waals surface area contributed by atoms with Gasteiger partial charge in [0.25, 0.3) is 5.91 Å². The smallest absolute Gasteiger partial charge is 0.257 e. The van der Waals surface area contributed by atoms with Gasteiger partial charge in [-0.05, 0) is 91.5 Å². The van der Waals surface area contributed by atoms with E-state index in [4.69, 9.17) is 11.6 Å². The SMILES string of the molecule is O=C(Nc1ccc(C23CC4CC(CC(C4)C2)C3)cc1Cl)c1cccnc1. The van der Waals surface area contributed by atoms with E-state index in [-0.39, 0.29) is 5.91 Å². The summed E-state index contributed by atoms with van der Waals surface area (Å²) in [7, 11) is 0. The fraction of sp³-hybridized carbons (Fsp3) is 0.455. The summed E-state index contributed by atoms with van der Waals surface area (Å²) in [6, 6.07) is 9.78. The van der Waals surface area contributed by atoms with Gasteiger partial charge in [0.15, 0.2) is 0 Å². The van der Waals surface area contributed by atoms with Crippen LogP contribution in [0.3, 0.4) is 0 Å². The molecule has 1 amide bonds. The van der Waals surface area contributed by atoms with Crippen molar-refractivity contribution in [1.29, 1.82) is 0 Å². The molecule has 0 aliphatic heterocycles. The maximum Gasteiger partial charge on any atom is 0.257 e. The topological polar surface area (TPSA) is 42.0 Å². The number of hydrogen-bond acceptors (Lipinski definition) is 2. The first kappa shape index (κ1) is 16.3. The van der Waals surface area contributed by atoms with Crippen LogP contribution in [0, 0.1) is 17.8 Å². The Labute approximate surface area is 159 Å². The Bertz CT molecular complexity index is 813. The minimum Gasteiger partial charge on any atom is -0.321 e. The average Bonchev–Trinajstić information content (AvgIpc) is 2.63. The Morgan fingerprint density at radius 3 is 2.35 bits per heavy atom. The third-order valence-corrected chi connectivity index (χ3v) is 7.10. The molecule has 4 heteroatoms. The first-order valence-corrected chi connectivity index (χ1v) is 10.0. The second-order valence-electron chi connectivity index (χ2n) is 8.59. The Balaban J connectivity index is 1.40. The normalized spacial score (nSPS) is 31.8. The van der Waals surface area contributed by atoms with Gasteiger partial charge in [-0.3, -0.25) is 9.78 Å². The highest BCUT2D eigenvalue weighted by atomic mass is 35.5. The highest BCUT2D eigenvalue weighted by Gasteiger charge is 2.51. The summed E-state index contributed by atoms with van der Waals surface area (Å²) in [5.41, 5.74) is 2.91. The van der Waals surface area contributed by atoms with Gasteiger partial charge >= 0.3 is 0 Å². The van der Waals surface area contributed by atoms with Crippen LogP contribution in [0.1, 0.15) is 54.4 Å². The molecule has 6 rings (SSSR count). The number of pyridine rings is 1. The quantitative estimate of drug-likeness (QED) is 0.784. The zero-order chi connectivity index (χ0) is 17.7. The number of halogens is 1. The first-order valence-electron chi connectivity index (χ1n) is 9.63. The molecule has 1 N–H and O–H groups in total. The van der Waals surface area contributed by atoms with Crippen molar-refractivity contribution in [3.05, 3.63) is 58.9 Å². The standard InChI is InChI=1S/C22H23ClN2O/c23-19-9-18(22-10-14-6-15(11-22)8-16(7-14)12-22)3-4-20(19)25-21(26)17-2-1-5-24-13-17/h1-5,9,13-16H,6-8,10-12H2,(H,25,26). The maximum absolute atomic E-state index is 12.4. The van der Waals surface area contributed by atoms with Crippen LogP contribution in [-0.4, -0.2) is 10.9 Å². The van der Waals surface area contributed by atoms with Crippen molar-refractivity contribution in [2.75, 3.05) is 5.32 Å². The summed E-state index contributed by atoms with van der Waals surface area (Å²) >= 11 is 6.57. The second-order valence-corrected chi connectivity index (χ2v) is 9.00. The van der Waals surface area contributed by atoms with Crippen molar-refractivity contribution in [2.24, 2.45) is 17.8 Å². The summed E-state index contributed by atoms with van der Waals surface area (Å²) in [5, 5.41) is 3.55. The van der Waals surface area contributed by atoms with Crippen LogP contribution < -0.4 is 5.32 Å². The molecule has 3 nitrogen and oxygen atoms in total. The van der Waals surface area contributed by atoms with Crippen LogP contribution in [0.5, 0.6) is 0 Å². The van der Waals surface area contributed by atoms with Crippen LogP contribution >= 0.6 is 11.6 Å². The van der Waals surface area contributed by atoms with E-state index in [1.54, 1.807) is 24.5 Å². The van der Waals surface area contributed by atoms with Gasteiger partial charge in [-0.2, -0.15) is 0 Å². The van der Waals surface area contributed by atoms with Crippen LogP contribution in [0.25, 0.3) is 0 Å². The maximum atomic E-state index is 12.4. The number of nitrogens with zero attached hydrogens (tertiary/aromatic N) is 1. The predicted octanol–water partition coefficient (Wildman–Crippen LogP) is 5.46. The van der Waals surface area contributed by atoms with E-state index in [0.29, 0.717) is 21.7 Å². The lowest BCUT2D eigenvalue weighted by atomic mass is 9.48. The van der Waals surface area contributed by atoms with Crippen molar-refractivity contribution in [3.63, 3.8) is 0 Å². The molecule has 0 saturated heterocycles. The van der Waals surface area contributed by atoms with Gasteiger partial charge in [-0.15, -0.1) is 0 Å². The Hall–Kier alpha value is -1.87. The molecule has 4 saturated carbocycles. The van der Waals surface area contributed by atoms with Gasteiger partial charge in [-0.1, -0.05) is 17.7 Å². The molecule has 1 aromatic heterocycles. The van der Waals surface area contributed by atoms with Crippen LogP contribution in [0.15, 0.2) is 42.7 Å². The van der Waals surface area contributed by atoms with Gasteiger partial charge < -0.3 is 5.32 Å². The Morgan fingerprint density at radius 1 is 1.08 bits per heavy atom. The summed E-state index contributed by atoms with van der Waals surface area (Å²) < 4.78 is 0. The van der Waals surface area contributed by atoms with E-state index >= 15 is 0 Å². The van der Waals surface area contributed by atoms with Crippen LogP contribution in [0.2, 0.25) is 5.02 Å². The van der Waals surface area contributed by atoms with Gasteiger partial charge in [0.2, 0.25) is 0 Å². The average molecular weight is 367 g/mol. The highest BCUT2D eigenvalue weighted by molar-refractivity contribution is 6.34.